The molecule has 3 rings (SSSR count). The van der Waals surface area contributed by atoms with E-state index in [4.69, 9.17) is 9.47 Å². The minimum absolute atomic E-state index is 0.159. The number of thioether (sulfide) groups is 1. The molecular weight excluding hydrogens is 353 g/mol. The van der Waals surface area contributed by atoms with Gasteiger partial charge in [-0.2, -0.15) is 0 Å². The van der Waals surface area contributed by atoms with E-state index in [1.807, 2.05) is 18.2 Å². The average Bonchev–Trinajstić information content (AvgIpc) is 3.16. The molecule has 26 heavy (non-hydrogen) atoms. The summed E-state index contributed by atoms with van der Waals surface area (Å²) in [6.07, 6.45) is 2.93. The van der Waals surface area contributed by atoms with Crippen LogP contribution in [0.2, 0.25) is 0 Å². The molecule has 0 N–H and O–H groups in total. The Morgan fingerprint density at radius 3 is 2.77 bits per heavy atom. The second kappa shape index (κ2) is 8.27. The van der Waals surface area contributed by atoms with Crippen molar-refractivity contribution in [1.82, 2.24) is 4.90 Å². The maximum absolute atomic E-state index is 13.7. The lowest BCUT2D eigenvalue weighted by Gasteiger charge is -2.24. The Hall–Kier alpha value is -2.47. The van der Waals surface area contributed by atoms with Gasteiger partial charge in [0.25, 0.3) is 0 Å². The molecule has 4 nitrogen and oxygen atoms in total. The number of ether oxygens (including phenoxy) is 2. The largest absolute Gasteiger partial charge is 0.497 e. The van der Waals surface area contributed by atoms with Crippen LogP contribution in [0.1, 0.15) is 16.5 Å². The lowest BCUT2D eigenvalue weighted by Crippen LogP contribution is -2.29. The number of carbonyl (C=O) groups excluding carboxylic acids is 1. The molecule has 1 aliphatic rings. The number of benzene rings is 2. The summed E-state index contributed by atoms with van der Waals surface area (Å²) in [4.78, 5) is 14.5. The molecule has 1 aliphatic heterocycles. The summed E-state index contributed by atoms with van der Waals surface area (Å²) in [5.41, 5.74) is 1.28. The third kappa shape index (κ3) is 3.85. The number of carbonyl (C=O) groups is 1. The van der Waals surface area contributed by atoms with Crippen LogP contribution in [-0.4, -0.2) is 37.3 Å². The van der Waals surface area contributed by atoms with E-state index >= 15 is 0 Å². The normalized spacial score (nSPS) is 16.9. The highest BCUT2D eigenvalue weighted by Crippen LogP contribution is 2.43. The predicted octanol–water partition coefficient (Wildman–Crippen LogP) is 4.13. The van der Waals surface area contributed by atoms with Gasteiger partial charge >= 0.3 is 0 Å². The van der Waals surface area contributed by atoms with Crippen molar-refractivity contribution in [3.63, 3.8) is 0 Å². The Morgan fingerprint density at radius 2 is 2.04 bits per heavy atom. The number of halogens is 1. The number of hydrogen-bond acceptors (Lipinski definition) is 4. The van der Waals surface area contributed by atoms with Crippen LogP contribution in [0.25, 0.3) is 6.08 Å². The highest BCUT2D eigenvalue weighted by molar-refractivity contribution is 7.99. The number of rotatable bonds is 5. The molecule has 0 spiro atoms. The van der Waals surface area contributed by atoms with Gasteiger partial charge in [-0.3, -0.25) is 4.79 Å². The van der Waals surface area contributed by atoms with Gasteiger partial charge < -0.3 is 14.4 Å². The van der Waals surface area contributed by atoms with Crippen molar-refractivity contribution in [2.75, 3.05) is 26.5 Å². The monoisotopic (exact) mass is 373 g/mol. The van der Waals surface area contributed by atoms with E-state index in [9.17, 15) is 9.18 Å². The summed E-state index contributed by atoms with van der Waals surface area (Å²) in [7, 11) is 3.21. The fourth-order valence-corrected chi connectivity index (χ4v) is 4.13. The average molecular weight is 373 g/mol. The van der Waals surface area contributed by atoms with Crippen LogP contribution in [-0.2, 0) is 4.79 Å². The van der Waals surface area contributed by atoms with E-state index < -0.39 is 0 Å². The van der Waals surface area contributed by atoms with Gasteiger partial charge in [0.05, 0.1) is 14.2 Å². The lowest BCUT2D eigenvalue weighted by molar-refractivity contribution is -0.126. The molecule has 2 aromatic carbocycles. The molecule has 136 valence electrons. The van der Waals surface area contributed by atoms with E-state index in [0.29, 0.717) is 23.6 Å². The van der Waals surface area contributed by atoms with E-state index in [-0.39, 0.29) is 17.1 Å². The van der Waals surface area contributed by atoms with E-state index in [0.717, 1.165) is 11.3 Å². The molecule has 1 unspecified atom stereocenters. The topological polar surface area (TPSA) is 38.8 Å². The summed E-state index contributed by atoms with van der Waals surface area (Å²) in [5.74, 6) is 1.74. The third-order valence-electron chi connectivity index (χ3n) is 4.19. The fraction of sp³-hybridized carbons (Fsp3) is 0.250. The molecule has 6 heteroatoms. The molecule has 1 heterocycles. The van der Waals surface area contributed by atoms with Gasteiger partial charge in [-0.15, -0.1) is 11.8 Å². The van der Waals surface area contributed by atoms with Gasteiger partial charge in [0.15, 0.2) is 0 Å². The smallest absolute Gasteiger partial charge is 0.247 e. The zero-order chi connectivity index (χ0) is 18.5. The highest BCUT2D eigenvalue weighted by Gasteiger charge is 2.31. The fourth-order valence-electron chi connectivity index (χ4n) is 2.85. The first-order chi connectivity index (χ1) is 12.6. The first kappa shape index (κ1) is 18.3. The molecule has 0 saturated carbocycles. The maximum atomic E-state index is 13.7. The summed E-state index contributed by atoms with van der Waals surface area (Å²) >= 11 is 1.67. The van der Waals surface area contributed by atoms with Crippen molar-refractivity contribution in [1.29, 1.82) is 0 Å². The number of amides is 1. The van der Waals surface area contributed by atoms with Crippen molar-refractivity contribution in [2.45, 2.75) is 5.37 Å². The van der Waals surface area contributed by atoms with Crippen LogP contribution in [0, 0.1) is 5.82 Å². The minimum atomic E-state index is -0.349. The Bertz CT molecular complexity index is 824. The zero-order valence-corrected chi connectivity index (χ0v) is 15.5. The summed E-state index contributed by atoms with van der Waals surface area (Å²) in [6, 6.07) is 11.9. The minimum Gasteiger partial charge on any atom is -0.497 e. The van der Waals surface area contributed by atoms with Gasteiger partial charge in [0.2, 0.25) is 5.91 Å². The summed E-state index contributed by atoms with van der Waals surface area (Å²) in [5, 5.41) is -0.169. The van der Waals surface area contributed by atoms with Crippen molar-refractivity contribution in [3.05, 3.63) is 65.5 Å². The standard InChI is InChI=1S/C20H20FNO3S/c1-24-15-8-9-18(25-2)16(13-15)20-22(11-12-26-20)19(23)10-7-14-5-3-4-6-17(14)21/h3-10,13,20H,11-12H2,1-2H3/b10-7+. The molecule has 0 bridgehead atoms. The molecule has 0 aromatic heterocycles. The predicted molar refractivity (Wildman–Crippen MR) is 102 cm³/mol. The first-order valence-electron chi connectivity index (χ1n) is 8.21. The Balaban J connectivity index is 1.84. The molecule has 0 radical (unpaired) electrons. The SMILES string of the molecule is COc1ccc(OC)c(C2SCCN2C(=O)/C=C/c2ccccc2F)c1. The second-order valence-electron chi connectivity index (χ2n) is 5.72. The van der Waals surface area contributed by atoms with Crippen LogP contribution in [0.4, 0.5) is 4.39 Å². The highest BCUT2D eigenvalue weighted by atomic mass is 32.2. The first-order valence-corrected chi connectivity index (χ1v) is 9.25. The van der Waals surface area contributed by atoms with E-state index in [2.05, 4.69) is 0 Å². The Morgan fingerprint density at radius 1 is 1.23 bits per heavy atom. The van der Waals surface area contributed by atoms with Crippen LogP contribution < -0.4 is 9.47 Å². The Labute approximate surface area is 156 Å². The van der Waals surface area contributed by atoms with Crippen molar-refractivity contribution in [3.8, 4) is 11.5 Å². The lowest BCUT2D eigenvalue weighted by atomic mass is 10.1. The van der Waals surface area contributed by atoms with Gasteiger partial charge in [0.1, 0.15) is 22.7 Å². The molecule has 1 saturated heterocycles. The maximum Gasteiger partial charge on any atom is 0.247 e. The third-order valence-corrected chi connectivity index (χ3v) is 5.43. The molecule has 1 fully saturated rings. The van der Waals surface area contributed by atoms with Crippen LogP contribution in [0.3, 0.4) is 0 Å². The number of nitrogens with zero attached hydrogens (tertiary/aromatic N) is 1. The Kier molecular flexibility index (Phi) is 5.83. The van der Waals surface area contributed by atoms with E-state index in [1.165, 1.54) is 18.2 Å². The van der Waals surface area contributed by atoms with Crippen molar-refractivity contribution in [2.24, 2.45) is 0 Å². The van der Waals surface area contributed by atoms with Gasteiger partial charge in [-0.1, -0.05) is 18.2 Å². The van der Waals surface area contributed by atoms with Crippen molar-refractivity contribution >= 4 is 23.7 Å². The molecular formula is C20H20FNO3S. The van der Waals surface area contributed by atoms with Crippen molar-refractivity contribution < 1.29 is 18.7 Å². The molecule has 1 atom stereocenters. The molecule has 0 aliphatic carbocycles. The molecule has 1 amide bonds. The van der Waals surface area contributed by atoms with Gasteiger partial charge in [-0.25, -0.2) is 4.39 Å². The zero-order valence-electron chi connectivity index (χ0n) is 14.6. The summed E-state index contributed by atoms with van der Waals surface area (Å²) in [6.45, 7) is 0.621. The number of methoxy groups -OCH3 is 2. The quantitative estimate of drug-likeness (QED) is 0.739. The van der Waals surface area contributed by atoms with Crippen LogP contribution in [0.5, 0.6) is 11.5 Å². The van der Waals surface area contributed by atoms with Gasteiger partial charge in [-0.05, 0) is 30.3 Å². The second-order valence-corrected chi connectivity index (χ2v) is 6.91. The van der Waals surface area contributed by atoms with E-state index in [1.54, 1.807) is 49.1 Å². The number of hydrogen-bond donors (Lipinski definition) is 0. The van der Waals surface area contributed by atoms with Gasteiger partial charge in [0, 0.05) is 29.5 Å². The molecule has 2 aromatic rings. The van der Waals surface area contributed by atoms with Crippen LogP contribution >= 0.6 is 11.8 Å². The van der Waals surface area contributed by atoms with Crippen LogP contribution in [0.15, 0.2) is 48.5 Å². The summed E-state index contributed by atoms with van der Waals surface area (Å²) < 4.78 is 24.5.